The van der Waals surface area contributed by atoms with Crippen LogP contribution in [0.3, 0.4) is 0 Å². The molecule has 78 valence electrons. The Morgan fingerprint density at radius 2 is 1.92 bits per heavy atom. The maximum Gasteiger partial charge on any atom is 0.0714 e. The molecule has 2 nitrogen and oxygen atoms in total. The van der Waals surface area contributed by atoms with Gasteiger partial charge in [0.05, 0.1) is 5.60 Å². The highest BCUT2D eigenvalue weighted by atomic mass is 16.3. The van der Waals surface area contributed by atoms with E-state index >= 15 is 0 Å². The van der Waals surface area contributed by atoms with Crippen LogP contribution in [-0.4, -0.2) is 22.4 Å². The Hall–Kier alpha value is -0.0800. The number of aliphatic hydroxyl groups is 2. The normalized spacial score (nSPS) is 38.3. The van der Waals surface area contributed by atoms with Gasteiger partial charge in [-0.1, -0.05) is 27.2 Å². The van der Waals surface area contributed by atoms with Gasteiger partial charge < -0.3 is 10.2 Å². The smallest absolute Gasteiger partial charge is 0.0714 e. The molecule has 0 amide bonds. The number of hydrogen-bond donors (Lipinski definition) is 2. The predicted molar refractivity (Wildman–Crippen MR) is 53.4 cm³/mol. The third-order valence-corrected chi connectivity index (χ3v) is 3.28. The molecule has 3 atom stereocenters. The van der Waals surface area contributed by atoms with E-state index in [2.05, 4.69) is 20.8 Å². The van der Waals surface area contributed by atoms with Crippen LogP contribution in [0.1, 0.15) is 40.0 Å². The maximum atomic E-state index is 10.2. The second-order valence-electron chi connectivity index (χ2n) is 4.72. The van der Waals surface area contributed by atoms with Crippen LogP contribution < -0.4 is 0 Å². The quantitative estimate of drug-likeness (QED) is 0.687. The molecule has 2 heteroatoms. The van der Waals surface area contributed by atoms with Crippen molar-refractivity contribution in [1.29, 1.82) is 0 Å². The van der Waals surface area contributed by atoms with Gasteiger partial charge in [-0.05, 0) is 30.6 Å². The zero-order valence-corrected chi connectivity index (χ0v) is 8.95. The second kappa shape index (κ2) is 3.97. The summed E-state index contributed by atoms with van der Waals surface area (Å²) in [7, 11) is 0. The monoisotopic (exact) mass is 186 g/mol. The fourth-order valence-electron chi connectivity index (χ4n) is 2.77. The minimum Gasteiger partial charge on any atom is -0.396 e. The van der Waals surface area contributed by atoms with Gasteiger partial charge in [-0.2, -0.15) is 0 Å². The van der Waals surface area contributed by atoms with Crippen LogP contribution in [-0.2, 0) is 0 Å². The Kier molecular flexibility index (Phi) is 3.36. The van der Waals surface area contributed by atoms with Crippen molar-refractivity contribution < 1.29 is 10.2 Å². The van der Waals surface area contributed by atoms with E-state index < -0.39 is 5.60 Å². The SMILES string of the molecule is CC[C@@H]1[C@@H](CCO)[C@@]1(O)CC(C)C. The Morgan fingerprint density at radius 1 is 1.31 bits per heavy atom. The summed E-state index contributed by atoms with van der Waals surface area (Å²) in [5, 5.41) is 19.1. The summed E-state index contributed by atoms with van der Waals surface area (Å²) in [6.45, 7) is 6.60. The number of hydrogen-bond acceptors (Lipinski definition) is 2. The molecule has 13 heavy (non-hydrogen) atoms. The van der Waals surface area contributed by atoms with Gasteiger partial charge in [-0.15, -0.1) is 0 Å². The fourth-order valence-corrected chi connectivity index (χ4v) is 2.77. The van der Waals surface area contributed by atoms with E-state index in [1.807, 2.05) is 0 Å². The average Bonchev–Trinajstić information content (AvgIpc) is 2.54. The molecule has 0 aromatic rings. The molecule has 0 saturated heterocycles. The highest BCUT2D eigenvalue weighted by Crippen LogP contribution is 2.57. The summed E-state index contributed by atoms with van der Waals surface area (Å²) < 4.78 is 0. The Balaban J connectivity index is 2.49. The molecule has 2 N–H and O–H groups in total. The zero-order valence-electron chi connectivity index (χ0n) is 8.95. The molecular formula is C11H22O2. The molecule has 0 aromatic carbocycles. The van der Waals surface area contributed by atoms with E-state index in [-0.39, 0.29) is 6.61 Å². The van der Waals surface area contributed by atoms with Crippen molar-refractivity contribution in [3.8, 4) is 0 Å². The lowest BCUT2D eigenvalue weighted by Gasteiger charge is -2.13. The maximum absolute atomic E-state index is 10.2. The van der Waals surface area contributed by atoms with Gasteiger partial charge >= 0.3 is 0 Å². The first kappa shape index (κ1) is 11.0. The average molecular weight is 186 g/mol. The summed E-state index contributed by atoms with van der Waals surface area (Å²) >= 11 is 0. The first-order valence-corrected chi connectivity index (χ1v) is 5.39. The largest absolute Gasteiger partial charge is 0.396 e. The molecule has 1 saturated carbocycles. The van der Waals surface area contributed by atoms with Gasteiger partial charge in [0.2, 0.25) is 0 Å². The zero-order chi connectivity index (χ0) is 10.1. The lowest BCUT2D eigenvalue weighted by atomic mass is 10.0. The van der Waals surface area contributed by atoms with Crippen molar-refractivity contribution in [2.24, 2.45) is 17.8 Å². The van der Waals surface area contributed by atoms with Crippen molar-refractivity contribution >= 4 is 0 Å². The lowest BCUT2D eigenvalue weighted by molar-refractivity contribution is 0.0882. The highest BCUT2D eigenvalue weighted by Gasteiger charge is 2.61. The Morgan fingerprint density at radius 3 is 2.31 bits per heavy atom. The van der Waals surface area contributed by atoms with Gasteiger partial charge in [-0.3, -0.25) is 0 Å². The molecule has 0 aromatic heterocycles. The molecule has 1 rings (SSSR count). The molecule has 0 radical (unpaired) electrons. The Bertz CT molecular complexity index is 167. The molecule has 1 aliphatic rings. The van der Waals surface area contributed by atoms with Gasteiger partial charge in [0.15, 0.2) is 0 Å². The molecular weight excluding hydrogens is 164 g/mol. The summed E-state index contributed by atoms with van der Waals surface area (Å²) in [6.07, 6.45) is 2.69. The summed E-state index contributed by atoms with van der Waals surface area (Å²) in [5.41, 5.74) is -0.453. The van der Waals surface area contributed by atoms with Crippen molar-refractivity contribution in [2.45, 2.75) is 45.6 Å². The highest BCUT2D eigenvalue weighted by molar-refractivity contribution is 5.11. The van der Waals surface area contributed by atoms with Gasteiger partial charge in [0.1, 0.15) is 0 Å². The van der Waals surface area contributed by atoms with E-state index in [9.17, 15) is 5.11 Å². The van der Waals surface area contributed by atoms with Crippen LogP contribution in [0.4, 0.5) is 0 Å². The van der Waals surface area contributed by atoms with Crippen molar-refractivity contribution in [3.05, 3.63) is 0 Å². The molecule has 0 heterocycles. The third kappa shape index (κ3) is 2.05. The lowest BCUT2D eigenvalue weighted by Crippen LogP contribution is -2.16. The molecule has 0 spiro atoms. The van der Waals surface area contributed by atoms with Gasteiger partial charge in [0, 0.05) is 6.61 Å². The molecule has 1 aliphatic carbocycles. The third-order valence-electron chi connectivity index (χ3n) is 3.28. The summed E-state index contributed by atoms with van der Waals surface area (Å²) in [4.78, 5) is 0. The number of aliphatic hydroxyl groups excluding tert-OH is 1. The van der Waals surface area contributed by atoms with Gasteiger partial charge in [0.25, 0.3) is 0 Å². The van der Waals surface area contributed by atoms with E-state index in [0.717, 1.165) is 19.3 Å². The van der Waals surface area contributed by atoms with Crippen LogP contribution in [0.15, 0.2) is 0 Å². The van der Waals surface area contributed by atoms with Gasteiger partial charge in [-0.25, -0.2) is 0 Å². The van der Waals surface area contributed by atoms with Crippen molar-refractivity contribution in [2.75, 3.05) is 6.61 Å². The van der Waals surface area contributed by atoms with Crippen LogP contribution in [0.25, 0.3) is 0 Å². The van der Waals surface area contributed by atoms with E-state index in [0.29, 0.717) is 17.8 Å². The predicted octanol–water partition coefficient (Wildman–Crippen LogP) is 1.80. The first-order valence-electron chi connectivity index (χ1n) is 5.39. The van der Waals surface area contributed by atoms with E-state index in [4.69, 9.17) is 5.11 Å². The molecule has 0 bridgehead atoms. The first-order chi connectivity index (χ1) is 6.06. The topological polar surface area (TPSA) is 40.5 Å². The molecule has 0 aliphatic heterocycles. The van der Waals surface area contributed by atoms with Crippen LogP contribution in [0.5, 0.6) is 0 Å². The van der Waals surface area contributed by atoms with Crippen LogP contribution >= 0.6 is 0 Å². The van der Waals surface area contributed by atoms with Crippen LogP contribution in [0.2, 0.25) is 0 Å². The van der Waals surface area contributed by atoms with E-state index in [1.54, 1.807) is 0 Å². The molecule has 1 fully saturated rings. The standard InChI is InChI=1S/C11H22O2/c1-4-9-10(5-6-12)11(9,13)7-8(2)3/h8-10,12-13H,4-7H2,1-3H3/t9-,10-,11-/m1/s1. The minimum atomic E-state index is -0.453. The fraction of sp³-hybridized carbons (Fsp3) is 1.00. The Labute approximate surface area is 81.0 Å². The summed E-state index contributed by atoms with van der Waals surface area (Å²) in [6, 6.07) is 0. The van der Waals surface area contributed by atoms with E-state index in [1.165, 1.54) is 0 Å². The number of rotatable bonds is 5. The van der Waals surface area contributed by atoms with Crippen molar-refractivity contribution in [1.82, 2.24) is 0 Å². The van der Waals surface area contributed by atoms with Crippen molar-refractivity contribution in [3.63, 3.8) is 0 Å². The summed E-state index contributed by atoms with van der Waals surface area (Å²) in [5.74, 6) is 1.33. The minimum absolute atomic E-state index is 0.210. The molecule has 0 unspecified atom stereocenters. The second-order valence-corrected chi connectivity index (χ2v) is 4.72. The van der Waals surface area contributed by atoms with Crippen LogP contribution in [0, 0.1) is 17.8 Å².